The summed E-state index contributed by atoms with van der Waals surface area (Å²) in [6, 6.07) is 7.88. The highest BCUT2D eigenvalue weighted by Gasteiger charge is 2.30. The summed E-state index contributed by atoms with van der Waals surface area (Å²) in [5.41, 5.74) is 0.943. The first kappa shape index (κ1) is 19.6. The zero-order chi connectivity index (χ0) is 19.5. The number of piperidine rings is 2. The van der Waals surface area contributed by atoms with Gasteiger partial charge in [-0.15, -0.1) is 0 Å². The lowest BCUT2D eigenvalue weighted by atomic mass is 9.93. The van der Waals surface area contributed by atoms with Crippen molar-refractivity contribution < 1.29 is 9.32 Å². The second-order valence-corrected chi connectivity index (χ2v) is 9.02. The maximum absolute atomic E-state index is 12.8. The van der Waals surface area contributed by atoms with Crippen molar-refractivity contribution in [3.8, 4) is 11.4 Å². The van der Waals surface area contributed by atoms with E-state index in [0.717, 1.165) is 55.5 Å². The fourth-order valence-corrected chi connectivity index (χ4v) is 4.48. The first-order chi connectivity index (χ1) is 13.6. The highest BCUT2D eigenvalue weighted by atomic mass is 79.9. The Morgan fingerprint density at radius 2 is 1.93 bits per heavy atom. The predicted octanol–water partition coefficient (Wildman–Crippen LogP) is 3.97. The van der Waals surface area contributed by atoms with Gasteiger partial charge in [-0.3, -0.25) is 9.69 Å². The standard InChI is InChI=1S/C21H27BrN4O2/c1-15-3-2-10-26(13-15)21(27)17-8-11-25(12-9-17)14-19-23-20(24-28-19)16-4-6-18(22)7-5-16/h4-7,15,17H,2-3,8-14H2,1H3. The lowest BCUT2D eigenvalue weighted by Gasteiger charge is -2.36. The van der Waals surface area contributed by atoms with Crippen LogP contribution in [0, 0.1) is 11.8 Å². The lowest BCUT2D eigenvalue weighted by Crippen LogP contribution is -2.45. The van der Waals surface area contributed by atoms with E-state index in [-0.39, 0.29) is 5.92 Å². The summed E-state index contributed by atoms with van der Waals surface area (Å²) in [4.78, 5) is 21.7. The number of aromatic nitrogens is 2. The van der Waals surface area contributed by atoms with Crippen molar-refractivity contribution in [3.63, 3.8) is 0 Å². The number of rotatable bonds is 4. The van der Waals surface area contributed by atoms with Crippen LogP contribution in [0.3, 0.4) is 0 Å². The average Bonchev–Trinajstić information content (AvgIpc) is 3.17. The first-order valence-electron chi connectivity index (χ1n) is 10.2. The second-order valence-electron chi connectivity index (χ2n) is 8.10. The predicted molar refractivity (Wildman–Crippen MR) is 110 cm³/mol. The normalized spacial score (nSPS) is 21.8. The Balaban J connectivity index is 1.29. The molecule has 2 aliphatic rings. The van der Waals surface area contributed by atoms with Crippen molar-refractivity contribution in [1.29, 1.82) is 0 Å². The molecule has 1 aromatic carbocycles. The zero-order valence-electron chi connectivity index (χ0n) is 16.3. The summed E-state index contributed by atoms with van der Waals surface area (Å²) in [6.45, 7) is 6.55. The quantitative estimate of drug-likeness (QED) is 0.710. The third kappa shape index (κ3) is 4.63. The van der Waals surface area contributed by atoms with Crippen LogP contribution in [0.5, 0.6) is 0 Å². The molecule has 1 atom stereocenters. The van der Waals surface area contributed by atoms with Crippen LogP contribution < -0.4 is 0 Å². The van der Waals surface area contributed by atoms with Gasteiger partial charge in [-0.05, 0) is 69.0 Å². The number of benzene rings is 1. The molecule has 2 aliphatic heterocycles. The van der Waals surface area contributed by atoms with E-state index in [2.05, 4.69) is 42.8 Å². The number of halogens is 1. The van der Waals surface area contributed by atoms with Crippen LogP contribution in [0.1, 0.15) is 38.5 Å². The van der Waals surface area contributed by atoms with Crippen molar-refractivity contribution in [2.24, 2.45) is 11.8 Å². The number of likely N-dealkylation sites (tertiary alicyclic amines) is 2. The topological polar surface area (TPSA) is 62.5 Å². The molecule has 0 bridgehead atoms. The van der Waals surface area contributed by atoms with Gasteiger partial charge in [0, 0.05) is 29.0 Å². The smallest absolute Gasteiger partial charge is 0.241 e. The molecule has 0 radical (unpaired) electrons. The molecule has 4 rings (SSSR count). The Labute approximate surface area is 174 Å². The number of carbonyl (C=O) groups excluding carboxylic acids is 1. The first-order valence-corrected chi connectivity index (χ1v) is 11.0. The van der Waals surface area contributed by atoms with E-state index in [1.807, 2.05) is 24.3 Å². The number of carbonyl (C=O) groups is 1. The van der Waals surface area contributed by atoms with Gasteiger partial charge < -0.3 is 9.42 Å². The van der Waals surface area contributed by atoms with Crippen LogP contribution in [0.15, 0.2) is 33.3 Å². The van der Waals surface area contributed by atoms with Gasteiger partial charge in [-0.1, -0.05) is 28.0 Å². The van der Waals surface area contributed by atoms with E-state index in [1.165, 1.54) is 6.42 Å². The van der Waals surface area contributed by atoms with Crippen molar-refractivity contribution in [2.75, 3.05) is 26.2 Å². The molecule has 0 saturated carbocycles. The maximum Gasteiger partial charge on any atom is 0.241 e. The highest BCUT2D eigenvalue weighted by molar-refractivity contribution is 9.10. The van der Waals surface area contributed by atoms with E-state index in [4.69, 9.17) is 4.52 Å². The van der Waals surface area contributed by atoms with Gasteiger partial charge in [0.2, 0.25) is 17.6 Å². The molecule has 2 aromatic rings. The number of amides is 1. The molecular formula is C21H27BrN4O2. The summed E-state index contributed by atoms with van der Waals surface area (Å²) >= 11 is 3.43. The SMILES string of the molecule is CC1CCCN(C(=O)C2CCN(Cc3nc(-c4ccc(Br)cc4)no3)CC2)C1. The average molecular weight is 447 g/mol. The van der Waals surface area contributed by atoms with Crippen molar-refractivity contribution in [3.05, 3.63) is 34.6 Å². The van der Waals surface area contributed by atoms with Crippen molar-refractivity contribution in [2.45, 2.75) is 39.2 Å². The molecule has 2 saturated heterocycles. The molecule has 1 unspecified atom stereocenters. The summed E-state index contributed by atoms with van der Waals surface area (Å²) in [6.07, 6.45) is 4.22. The molecule has 1 aromatic heterocycles. The fraction of sp³-hybridized carbons (Fsp3) is 0.571. The van der Waals surface area contributed by atoms with Crippen LogP contribution in [0.25, 0.3) is 11.4 Å². The second kappa shape index (κ2) is 8.74. The van der Waals surface area contributed by atoms with Gasteiger partial charge in [-0.2, -0.15) is 4.98 Å². The van der Waals surface area contributed by atoms with E-state index in [9.17, 15) is 4.79 Å². The minimum absolute atomic E-state index is 0.169. The van der Waals surface area contributed by atoms with Crippen LogP contribution in [0.2, 0.25) is 0 Å². The molecule has 7 heteroatoms. The zero-order valence-corrected chi connectivity index (χ0v) is 17.9. The fourth-order valence-electron chi connectivity index (χ4n) is 4.21. The third-order valence-electron chi connectivity index (χ3n) is 5.83. The Bertz CT molecular complexity index is 799. The summed E-state index contributed by atoms with van der Waals surface area (Å²) < 4.78 is 6.47. The van der Waals surface area contributed by atoms with Crippen LogP contribution in [-0.4, -0.2) is 52.0 Å². The van der Waals surface area contributed by atoms with Gasteiger partial charge in [-0.25, -0.2) is 0 Å². The Kier molecular flexibility index (Phi) is 6.11. The Morgan fingerprint density at radius 3 is 2.64 bits per heavy atom. The van der Waals surface area contributed by atoms with Gasteiger partial charge in [0.15, 0.2) is 0 Å². The van der Waals surface area contributed by atoms with E-state index in [0.29, 0.717) is 30.1 Å². The van der Waals surface area contributed by atoms with E-state index < -0.39 is 0 Å². The van der Waals surface area contributed by atoms with Crippen molar-refractivity contribution in [1.82, 2.24) is 19.9 Å². The number of nitrogens with zero attached hydrogens (tertiary/aromatic N) is 4. The van der Waals surface area contributed by atoms with Crippen LogP contribution in [-0.2, 0) is 11.3 Å². The molecule has 0 spiro atoms. The molecule has 0 N–H and O–H groups in total. The molecule has 0 aliphatic carbocycles. The Morgan fingerprint density at radius 1 is 1.18 bits per heavy atom. The third-order valence-corrected chi connectivity index (χ3v) is 6.36. The highest BCUT2D eigenvalue weighted by Crippen LogP contribution is 2.25. The summed E-state index contributed by atoms with van der Waals surface area (Å²) in [5.74, 6) is 2.42. The monoisotopic (exact) mass is 446 g/mol. The molecule has 3 heterocycles. The van der Waals surface area contributed by atoms with Gasteiger partial charge in [0.1, 0.15) is 0 Å². The minimum Gasteiger partial charge on any atom is -0.342 e. The van der Waals surface area contributed by atoms with Crippen molar-refractivity contribution >= 4 is 21.8 Å². The van der Waals surface area contributed by atoms with Crippen LogP contribution >= 0.6 is 15.9 Å². The molecule has 6 nitrogen and oxygen atoms in total. The van der Waals surface area contributed by atoms with Crippen LogP contribution in [0.4, 0.5) is 0 Å². The summed E-state index contributed by atoms with van der Waals surface area (Å²) in [5, 5.41) is 4.10. The molecule has 28 heavy (non-hydrogen) atoms. The molecule has 150 valence electrons. The Hall–Kier alpha value is -1.73. The number of hydrogen-bond donors (Lipinski definition) is 0. The maximum atomic E-state index is 12.8. The van der Waals surface area contributed by atoms with E-state index >= 15 is 0 Å². The molecular weight excluding hydrogens is 420 g/mol. The number of hydrogen-bond acceptors (Lipinski definition) is 5. The lowest BCUT2D eigenvalue weighted by molar-refractivity contribution is -0.138. The molecule has 2 fully saturated rings. The summed E-state index contributed by atoms with van der Waals surface area (Å²) in [7, 11) is 0. The minimum atomic E-state index is 0.169. The molecule has 1 amide bonds. The van der Waals surface area contributed by atoms with Gasteiger partial charge in [0.25, 0.3) is 0 Å². The largest absolute Gasteiger partial charge is 0.342 e. The van der Waals surface area contributed by atoms with E-state index in [1.54, 1.807) is 0 Å². The van der Waals surface area contributed by atoms with Gasteiger partial charge >= 0.3 is 0 Å². The van der Waals surface area contributed by atoms with Gasteiger partial charge in [0.05, 0.1) is 6.54 Å².